The van der Waals surface area contributed by atoms with E-state index in [2.05, 4.69) is 41.5 Å². The van der Waals surface area contributed by atoms with Crippen molar-refractivity contribution in [2.75, 3.05) is 18.5 Å². The number of hydrogen-bond acceptors (Lipinski definition) is 4. The summed E-state index contributed by atoms with van der Waals surface area (Å²) in [7, 11) is 1.84. The Labute approximate surface area is 141 Å². The molecular formula is C18H22N4O2. The number of nitrogens with zero attached hydrogens (tertiary/aromatic N) is 3. The number of Topliss-reactive ketones (excluding diaryl/α,β-unsaturated/α-hetero) is 1. The Bertz CT molecular complexity index is 764. The van der Waals surface area contributed by atoms with Crippen molar-refractivity contribution in [3.05, 3.63) is 47.4 Å². The van der Waals surface area contributed by atoms with Gasteiger partial charge in [0.2, 0.25) is 11.7 Å². The monoisotopic (exact) mass is 326 g/mol. The molecular weight excluding hydrogens is 304 g/mol. The number of ketones is 1. The summed E-state index contributed by atoms with van der Waals surface area (Å²) in [6.07, 6.45) is 2.34. The fourth-order valence-electron chi connectivity index (χ4n) is 2.87. The van der Waals surface area contributed by atoms with Gasteiger partial charge < -0.3 is 14.8 Å². The third-order valence-electron chi connectivity index (χ3n) is 4.52. The maximum absolute atomic E-state index is 12.3. The van der Waals surface area contributed by atoms with Crippen LogP contribution in [0.5, 0.6) is 0 Å². The lowest BCUT2D eigenvalue weighted by Gasteiger charge is -2.14. The van der Waals surface area contributed by atoms with Gasteiger partial charge in [0.25, 0.3) is 0 Å². The second kappa shape index (κ2) is 6.47. The van der Waals surface area contributed by atoms with Gasteiger partial charge >= 0.3 is 0 Å². The number of carbonyl (C=O) groups is 2. The van der Waals surface area contributed by atoms with Gasteiger partial charge in [0.05, 0.1) is 12.4 Å². The lowest BCUT2D eigenvalue weighted by molar-refractivity contribution is -0.121. The molecule has 1 aliphatic rings. The summed E-state index contributed by atoms with van der Waals surface area (Å²) in [6.45, 7) is 4.58. The molecule has 3 rings (SSSR count). The first-order chi connectivity index (χ1) is 11.5. The molecule has 1 atom stereocenters. The van der Waals surface area contributed by atoms with Crippen LogP contribution in [-0.4, -0.2) is 40.9 Å². The minimum atomic E-state index is -0.223. The third kappa shape index (κ3) is 3.04. The Morgan fingerprint density at radius 3 is 2.71 bits per heavy atom. The summed E-state index contributed by atoms with van der Waals surface area (Å²) >= 11 is 0. The molecule has 0 saturated heterocycles. The number of anilines is 1. The predicted octanol–water partition coefficient (Wildman–Crippen LogP) is 1.57. The maximum atomic E-state index is 12.3. The van der Waals surface area contributed by atoms with Gasteiger partial charge in [-0.15, -0.1) is 0 Å². The van der Waals surface area contributed by atoms with Crippen LogP contribution in [0.15, 0.2) is 30.6 Å². The molecule has 0 spiro atoms. The molecule has 1 aromatic carbocycles. The zero-order valence-corrected chi connectivity index (χ0v) is 14.2. The van der Waals surface area contributed by atoms with Gasteiger partial charge in [-0.05, 0) is 25.8 Å². The molecule has 0 saturated carbocycles. The summed E-state index contributed by atoms with van der Waals surface area (Å²) < 4.78 is 1.64. The van der Waals surface area contributed by atoms with Crippen molar-refractivity contribution in [3.8, 4) is 0 Å². The highest BCUT2D eigenvalue weighted by Gasteiger charge is 2.36. The molecule has 1 unspecified atom stereocenters. The summed E-state index contributed by atoms with van der Waals surface area (Å²) in [6, 6.07) is 8.05. The predicted molar refractivity (Wildman–Crippen MR) is 92.3 cm³/mol. The fraction of sp³-hybridized carbons (Fsp3) is 0.389. The standard InChI is InChI=1S/C18H22N4O2/c1-12-4-6-14(7-5-12)8-9-19-15(23)10-22-11-20-18-16(22)17(24)13(2)21(18)3/h4-7,11,13H,8-10H2,1-3H3,(H,19,23). The highest BCUT2D eigenvalue weighted by molar-refractivity contribution is 6.08. The molecule has 0 radical (unpaired) electrons. The second-order valence-electron chi connectivity index (χ2n) is 6.28. The lowest BCUT2D eigenvalue weighted by atomic mass is 10.1. The lowest BCUT2D eigenvalue weighted by Crippen LogP contribution is -2.31. The van der Waals surface area contributed by atoms with Gasteiger partial charge in [-0.25, -0.2) is 4.98 Å². The van der Waals surface area contributed by atoms with Crippen LogP contribution in [-0.2, 0) is 17.8 Å². The van der Waals surface area contributed by atoms with Gasteiger partial charge in [0.1, 0.15) is 12.2 Å². The van der Waals surface area contributed by atoms with E-state index in [0.717, 1.165) is 6.42 Å². The Balaban J connectivity index is 1.56. The number of fused-ring (bicyclic) bond motifs is 1. The average molecular weight is 326 g/mol. The van der Waals surface area contributed by atoms with E-state index in [1.165, 1.54) is 11.1 Å². The van der Waals surface area contributed by atoms with Gasteiger partial charge in [-0.1, -0.05) is 29.8 Å². The van der Waals surface area contributed by atoms with Crippen molar-refractivity contribution in [2.24, 2.45) is 0 Å². The van der Waals surface area contributed by atoms with E-state index in [1.807, 2.05) is 18.9 Å². The molecule has 0 fully saturated rings. The van der Waals surface area contributed by atoms with E-state index in [9.17, 15) is 9.59 Å². The van der Waals surface area contributed by atoms with E-state index >= 15 is 0 Å². The summed E-state index contributed by atoms with van der Waals surface area (Å²) in [5, 5.41) is 2.90. The van der Waals surface area contributed by atoms with Crippen molar-refractivity contribution < 1.29 is 9.59 Å². The fourth-order valence-corrected chi connectivity index (χ4v) is 2.87. The van der Waals surface area contributed by atoms with Crippen LogP contribution < -0.4 is 10.2 Å². The van der Waals surface area contributed by atoms with E-state index in [4.69, 9.17) is 0 Å². The smallest absolute Gasteiger partial charge is 0.240 e. The molecule has 1 amide bonds. The van der Waals surface area contributed by atoms with Crippen molar-refractivity contribution >= 4 is 17.5 Å². The van der Waals surface area contributed by atoms with Crippen LogP contribution in [0.3, 0.4) is 0 Å². The highest BCUT2D eigenvalue weighted by atomic mass is 16.2. The van der Waals surface area contributed by atoms with Crippen molar-refractivity contribution in [3.63, 3.8) is 0 Å². The Morgan fingerprint density at radius 2 is 2.00 bits per heavy atom. The van der Waals surface area contributed by atoms with Gasteiger partial charge in [-0.2, -0.15) is 0 Å². The zero-order valence-electron chi connectivity index (χ0n) is 14.2. The summed E-state index contributed by atoms with van der Waals surface area (Å²) in [4.78, 5) is 30.5. The molecule has 24 heavy (non-hydrogen) atoms. The van der Waals surface area contributed by atoms with E-state index < -0.39 is 0 Å². The molecule has 126 valence electrons. The number of nitrogens with one attached hydrogen (secondary N) is 1. The Morgan fingerprint density at radius 1 is 1.29 bits per heavy atom. The topological polar surface area (TPSA) is 67.2 Å². The normalized spacial score (nSPS) is 16.4. The van der Waals surface area contributed by atoms with Crippen molar-refractivity contribution in [1.29, 1.82) is 0 Å². The summed E-state index contributed by atoms with van der Waals surface area (Å²) in [5.74, 6) is 0.551. The number of rotatable bonds is 5. The molecule has 2 aromatic rings. The van der Waals surface area contributed by atoms with Crippen LogP contribution in [0.25, 0.3) is 0 Å². The minimum Gasteiger partial charge on any atom is -0.354 e. The zero-order chi connectivity index (χ0) is 17.3. The van der Waals surface area contributed by atoms with Crippen LogP contribution in [0.4, 0.5) is 5.82 Å². The van der Waals surface area contributed by atoms with Crippen LogP contribution in [0.1, 0.15) is 28.5 Å². The molecule has 0 bridgehead atoms. The number of aryl methyl sites for hydroxylation is 1. The molecule has 1 N–H and O–H groups in total. The quantitative estimate of drug-likeness (QED) is 0.906. The number of aromatic nitrogens is 2. The van der Waals surface area contributed by atoms with Gasteiger partial charge in [0, 0.05) is 13.6 Å². The number of hydrogen-bond donors (Lipinski definition) is 1. The number of carbonyl (C=O) groups excluding carboxylic acids is 2. The van der Waals surface area contributed by atoms with Crippen molar-refractivity contribution in [2.45, 2.75) is 32.9 Å². The molecule has 1 aromatic heterocycles. The minimum absolute atomic E-state index is 0.0115. The molecule has 2 heterocycles. The second-order valence-corrected chi connectivity index (χ2v) is 6.28. The van der Waals surface area contributed by atoms with Crippen molar-refractivity contribution in [1.82, 2.24) is 14.9 Å². The number of imidazole rings is 1. The van der Waals surface area contributed by atoms with E-state index in [1.54, 1.807) is 10.9 Å². The maximum Gasteiger partial charge on any atom is 0.240 e. The molecule has 0 aliphatic carbocycles. The van der Waals surface area contributed by atoms with Crippen LogP contribution >= 0.6 is 0 Å². The SMILES string of the molecule is Cc1ccc(CCNC(=O)Cn2cnc3c2C(=O)C(C)N3C)cc1. The Kier molecular flexibility index (Phi) is 4.38. The summed E-state index contributed by atoms with van der Waals surface area (Å²) in [5.41, 5.74) is 2.94. The first-order valence-electron chi connectivity index (χ1n) is 8.12. The van der Waals surface area contributed by atoms with E-state index in [0.29, 0.717) is 18.1 Å². The largest absolute Gasteiger partial charge is 0.354 e. The Hall–Kier alpha value is -2.63. The van der Waals surface area contributed by atoms with Crippen LogP contribution in [0, 0.1) is 6.92 Å². The number of amides is 1. The third-order valence-corrected chi connectivity index (χ3v) is 4.52. The number of likely N-dealkylation sites (N-methyl/N-ethyl adjacent to an activating group) is 1. The molecule has 6 heteroatoms. The highest BCUT2D eigenvalue weighted by Crippen LogP contribution is 2.28. The molecule has 6 nitrogen and oxygen atoms in total. The van der Waals surface area contributed by atoms with Crippen LogP contribution in [0.2, 0.25) is 0 Å². The van der Waals surface area contributed by atoms with Gasteiger partial charge in [0.15, 0.2) is 5.82 Å². The van der Waals surface area contributed by atoms with E-state index in [-0.39, 0.29) is 24.3 Å². The number of benzene rings is 1. The first-order valence-corrected chi connectivity index (χ1v) is 8.12. The van der Waals surface area contributed by atoms with Gasteiger partial charge in [-0.3, -0.25) is 9.59 Å². The average Bonchev–Trinajstić information content (AvgIpc) is 3.06. The molecule has 1 aliphatic heterocycles. The first kappa shape index (κ1) is 16.2.